The number of hydrogen-bond donors (Lipinski definition) is 0. The molecule has 0 saturated carbocycles. The van der Waals surface area contributed by atoms with Crippen LogP contribution in [0.2, 0.25) is 0 Å². The molecule has 0 aliphatic heterocycles. The first-order valence-corrected chi connectivity index (χ1v) is 28.8. The van der Waals surface area contributed by atoms with Gasteiger partial charge in [-0.1, -0.05) is 133 Å². The van der Waals surface area contributed by atoms with Crippen LogP contribution in [0.3, 0.4) is 0 Å². The fraction of sp³-hybridized carbons (Fsp3) is 0.250. The summed E-state index contributed by atoms with van der Waals surface area (Å²) in [5.74, 6) is 4.17. The van der Waals surface area contributed by atoms with Gasteiger partial charge in [0.2, 0.25) is 0 Å². The highest BCUT2D eigenvalue weighted by molar-refractivity contribution is 5.72. The molecule has 0 saturated heterocycles. The van der Waals surface area contributed by atoms with E-state index in [0.29, 0.717) is 58.1 Å². The third-order valence-electron chi connectivity index (χ3n) is 17.4. The summed E-state index contributed by atoms with van der Waals surface area (Å²) in [5.41, 5.74) is 17.6. The largest absolute Gasteiger partial charge is 0.256 e. The van der Waals surface area contributed by atoms with E-state index in [4.69, 9.17) is 0 Å². The maximum Gasteiger partial charge on any atom is 0.115 e. The minimum atomic E-state index is 0.244. The smallest absolute Gasteiger partial charge is 0.115 e. The molecule has 0 amide bonds. The van der Waals surface area contributed by atoms with Crippen LogP contribution in [0.5, 0.6) is 0 Å². The van der Waals surface area contributed by atoms with E-state index in [1.807, 2.05) is 146 Å². The minimum Gasteiger partial charge on any atom is -0.256 e. The van der Waals surface area contributed by atoms with Crippen LogP contribution in [0.15, 0.2) is 183 Å². The van der Waals surface area contributed by atoms with Crippen molar-refractivity contribution in [3.8, 4) is 51.6 Å². The number of nitrogens with zero attached hydrogens (tertiary/aromatic N) is 12. The first kappa shape index (κ1) is 57.3. The maximum atomic E-state index is 9.30. The monoisotopic (exact) mass is 1100 g/mol. The van der Waals surface area contributed by atoms with E-state index in [0.717, 1.165) is 81.1 Å². The van der Waals surface area contributed by atoms with Crippen molar-refractivity contribution in [1.82, 2.24) is 45.3 Å². The summed E-state index contributed by atoms with van der Waals surface area (Å²) in [6.07, 6.45) is 30.7. The van der Waals surface area contributed by atoms with Gasteiger partial charge in [0.05, 0.1) is 75.8 Å². The SMILES string of the molecule is C[C@H]1[C@H](/C=C/c2ccc(-c3ccccc3C#N)cn2)c2cnncc2C[C@@H]1C.C[C@H]1[C@H](/C=C/c2ccc(-c3ccccc3C#N)cn2)c2ncncc2C[C@@H]1C.C[C@H]1[C@H](/C=C/c2ccc(-c3ccccc3C#N)cn2)c2nnccc2C[C@@H]1C. The van der Waals surface area contributed by atoms with Crippen molar-refractivity contribution >= 4 is 18.2 Å². The Hall–Kier alpha value is -9.96. The highest BCUT2D eigenvalue weighted by Crippen LogP contribution is 2.42. The number of fused-ring (bicyclic) bond motifs is 3. The van der Waals surface area contributed by atoms with Gasteiger partial charge in [0, 0.05) is 82.1 Å². The average Bonchev–Trinajstić information content (AvgIpc) is 3.59. The van der Waals surface area contributed by atoms with E-state index in [1.54, 1.807) is 12.5 Å². The van der Waals surface area contributed by atoms with E-state index in [-0.39, 0.29) is 11.8 Å². The number of pyridine rings is 3. The standard InChI is InChI=1S/3C24H22N4/c1-16-11-20-13-26-15-28-24(20)22(17(16)2)10-9-21-8-7-19(14-27-21)23-6-4-3-5-18(23)12-25;1-16-11-20-14-27-28-15-24(20)22(17(16)2)10-9-21-8-7-19(13-26-21)23-6-4-3-5-18(23)12-25;1-16-13-18-11-12-27-28-24(18)22(17(16)2)10-9-21-8-7-20(15-26-21)23-6-4-3-5-19(23)14-25/h2*3-10,13-17,22H,11H2,1-2H3;3-12,15-17,22H,13H2,1-2H3/b3*10-9+/t3*16-,17+,22-/m000/s1. The highest BCUT2D eigenvalue weighted by atomic mass is 15.1. The summed E-state index contributed by atoms with van der Waals surface area (Å²) < 4.78 is 0. The molecule has 0 bridgehead atoms. The first-order valence-electron chi connectivity index (χ1n) is 28.8. The van der Waals surface area contributed by atoms with Crippen molar-refractivity contribution in [2.45, 2.75) is 78.6 Å². The van der Waals surface area contributed by atoms with Gasteiger partial charge in [0.25, 0.3) is 0 Å². The van der Waals surface area contributed by atoms with Crippen molar-refractivity contribution < 1.29 is 0 Å². The summed E-state index contributed by atoms with van der Waals surface area (Å²) >= 11 is 0. The van der Waals surface area contributed by atoms with Gasteiger partial charge in [0.1, 0.15) is 6.33 Å². The van der Waals surface area contributed by atoms with E-state index >= 15 is 0 Å². The Morgan fingerprint density at radius 2 is 0.833 bits per heavy atom. The Bertz CT molecular complexity index is 3550. The second-order valence-electron chi connectivity index (χ2n) is 22.5. The van der Waals surface area contributed by atoms with E-state index in [1.165, 1.54) is 22.3 Å². The molecule has 84 heavy (non-hydrogen) atoms. The molecule has 0 spiro atoms. The maximum absolute atomic E-state index is 9.30. The minimum absolute atomic E-state index is 0.244. The molecule has 3 aliphatic carbocycles. The molecule has 3 aromatic carbocycles. The van der Waals surface area contributed by atoms with Gasteiger partial charge in [-0.25, -0.2) is 9.97 Å². The Kier molecular flexibility index (Phi) is 18.2. The predicted molar refractivity (Wildman–Crippen MR) is 331 cm³/mol. The van der Waals surface area contributed by atoms with Crippen molar-refractivity contribution in [1.29, 1.82) is 15.8 Å². The molecular formula is C72H66N12. The average molecular weight is 1100 g/mol. The van der Waals surface area contributed by atoms with Gasteiger partial charge in [-0.3, -0.25) is 15.0 Å². The van der Waals surface area contributed by atoms with Gasteiger partial charge in [-0.15, -0.1) is 0 Å². The lowest BCUT2D eigenvalue weighted by atomic mass is 9.71. The van der Waals surface area contributed by atoms with E-state index in [2.05, 4.69) is 148 Å². The van der Waals surface area contributed by atoms with Gasteiger partial charge in [0.15, 0.2) is 0 Å². The second kappa shape index (κ2) is 26.7. The second-order valence-corrected chi connectivity index (χ2v) is 22.5. The van der Waals surface area contributed by atoms with Crippen molar-refractivity contribution in [3.05, 3.63) is 251 Å². The van der Waals surface area contributed by atoms with Crippen molar-refractivity contribution in [2.75, 3.05) is 0 Å². The number of aromatic nitrogens is 9. The predicted octanol–water partition coefficient (Wildman–Crippen LogP) is 15.1. The van der Waals surface area contributed by atoms with Gasteiger partial charge >= 0.3 is 0 Å². The zero-order valence-corrected chi connectivity index (χ0v) is 48.2. The molecule has 12 nitrogen and oxygen atoms in total. The summed E-state index contributed by atoms with van der Waals surface area (Å²) in [4.78, 5) is 22.5. The van der Waals surface area contributed by atoms with Crippen LogP contribution in [0.1, 0.15) is 127 Å². The quantitative estimate of drug-likeness (QED) is 0.133. The molecule has 3 aliphatic rings. The summed E-state index contributed by atoms with van der Waals surface area (Å²) in [6, 6.07) is 43.6. The third kappa shape index (κ3) is 13.0. The van der Waals surface area contributed by atoms with E-state index < -0.39 is 0 Å². The normalized spacial score (nSPS) is 21.2. The molecule has 6 heterocycles. The number of rotatable bonds is 9. The molecule has 414 valence electrons. The van der Waals surface area contributed by atoms with Crippen molar-refractivity contribution in [2.24, 2.45) is 35.5 Å². The Morgan fingerprint density at radius 3 is 1.31 bits per heavy atom. The van der Waals surface area contributed by atoms with Crippen LogP contribution >= 0.6 is 0 Å². The van der Waals surface area contributed by atoms with Crippen LogP contribution in [0, 0.1) is 69.5 Å². The van der Waals surface area contributed by atoms with Crippen molar-refractivity contribution in [3.63, 3.8) is 0 Å². The Morgan fingerprint density at radius 1 is 0.405 bits per heavy atom. The number of hydrogen-bond acceptors (Lipinski definition) is 12. The lowest BCUT2D eigenvalue weighted by Gasteiger charge is -2.33. The van der Waals surface area contributed by atoms with Crippen LogP contribution in [-0.2, 0) is 19.3 Å². The lowest BCUT2D eigenvalue weighted by Crippen LogP contribution is -2.26. The van der Waals surface area contributed by atoms with Gasteiger partial charge in [-0.2, -0.15) is 36.2 Å². The van der Waals surface area contributed by atoms with Crippen LogP contribution in [0.4, 0.5) is 0 Å². The molecule has 6 aromatic heterocycles. The zero-order valence-electron chi connectivity index (χ0n) is 48.2. The van der Waals surface area contributed by atoms with Crippen LogP contribution in [0.25, 0.3) is 51.6 Å². The summed E-state index contributed by atoms with van der Waals surface area (Å²) in [6.45, 7) is 13.8. The van der Waals surface area contributed by atoms with Crippen LogP contribution < -0.4 is 0 Å². The molecule has 9 aromatic rings. The Labute approximate surface area is 493 Å². The fourth-order valence-electron chi connectivity index (χ4n) is 11.8. The lowest BCUT2D eigenvalue weighted by molar-refractivity contribution is 0.324. The third-order valence-corrected chi connectivity index (χ3v) is 17.4. The molecule has 0 unspecified atom stereocenters. The van der Waals surface area contributed by atoms with Gasteiger partial charge < -0.3 is 0 Å². The molecule has 0 radical (unpaired) electrons. The number of benzene rings is 3. The molecule has 12 rings (SSSR count). The van der Waals surface area contributed by atoms with E-state index in [9.17, 15) is 15.8 Å². The number of allylic oxidation sites excluding steroid dienone is 3. The first-order chi connectivity index (χ1) is 41.0. The van der Waals surface area contributed by atoms with Crippen LogP contribution in [-0.4, -0.2) is 45.3 Å². The fourth-order valence-corrected chi connectivity index (χ4v) is 11.8. The Balaban J connectivity index is 0.000000140. The molecular weight excluding hydrogens is 1030 g/mol. The van der Waals surface area contributed by atoms with Gasteiger partial charge in [-0.05, 0) is 138 Å². The summed E-state index contributed by atoms with van der Waals surface area (Å²) in [5, 5.41) is 44.6. The topological polar surface area (TPSA) is 187 Å². The molecule has 0 fully saturated rings. The highest BCUT2D eigenvalue weighted by Gasteiger charge is 2.33. The zero-order chi connectivity index (χ0) is 58.5. The molecule has 0 N–H and O–H groups in total. The molecule has 12 heteroatoms. The number of nitriles is 3. The molecule has 9 atom stereocenters. The summed E-state index contributed by atoms with van der Waals surface area (Å²) in [7, 11) is 0.